The molecule has 2 aromatic rings. The molecule has 24 heavy (non-hydrogen) atoms. The van der Waals surface area contributed by atoms with Gasteiger partial charge in [-0.1, -0.05) is 19.3 Å². The van der Waals surface area contributed by atoms with Crippen molar-refractivity contribution in [2.45, 2.75) is 57.6 Å². The van der Waals surface area contributed by atoms with Crippen molar-refractivity contribution in [2.75, 3.05) is 19.7 Å². The minimum Gasteiger partial charge on any atom is -0.375 e. The van der Waals surface area contributed by atoms with E-state index in [1.165, 1.54) is 32.1 Å². The average molecular weight is 347 g/mol. The normalized spacial score (nSPS) is 22.8. The third-order valence-corrected chi connectivity index (χ3v) is 5.66. The van der Waals surface area contributed by atoms with Gasteiger partial charge in [-0.3, -0.25) is 0 Å². The van der Waals surface area contributed by atoms with E-state index in [4.69, 9.17) is 14.8 Å². The van der Waals surface area contributed by atoms with Crippen molar-refractivity contribution in [2.24, 2.45) is 0 Å². The van der Waals surface area contributed by atoms with E-state index in [-0.39, 0.29) is 6.10 Å². The second-order valence-corrected chi connectivity index (χ2v) is 7.80. The summed E-state index contributed by atoms with van der Waals surface area (Å²) in [5, 5.41) is 11.4. The lowest BCUT2D eigenvalue weighted by molar-refractivity contribution is 0.0270. The standard InChI is InChI=1S/C17H25N5OS/c1-12-19-15(11-24-12)17-20-16(9-14-10-18-7-8-23-14)22(21-17)13-5-3-2-4-6-13/h11,13-14,18H,2-10H2,1H3. The zero-order valence-corrected chi connectivity index (χ0v) is 15.0. The molecule has 0 amide bonds. The predicted octanol–water partition coefficient (Wildman–Crippen LogP) is 2.75. The van der Waals surface area contributed by atoms with E-state index in [0.29, 0.717) is 6.04 Å². The lowest BCUT2D eigenvalue weighted by Crippen LogP contribution is -2.40. The van der Waals surface area contributed by atoms with Crippen LogP contribution in [0.3, 0.4) is 0 Å². The first-order valence-electron chi connectivity index (χ1n) is 9.00. The number of nitrogens with one attached hydrogen (secondary N) is 1. The molecule has 0 bridgehead atoms. The van der Waals surface area contributed by atoms with Crippen LogP contribution in [0, 0.1) is 6.92 Å². The van der Waals surface area contributed by atoms with Gasteiger partial charge in [-0.2, -0.15) is 0 Å². The van der Waals surface area contributed by atoms with E-state index in [1.54, 1.807) is 11.3 Å². The largest absolute Gasteiger partial charge is 0.375 e. The van der Waals surface area contributed by atoms with Crippen LogP contribution in [0.1, 0.15) is 49.0 Å². The summed E-state index contributed by atoms with van der Waals surface area (Å²) >= 11 is 1.65. The highest BCUT2D eigenvalue weighted by Gasteiger charge is 2.25. The van der Waals surface area contributed by atoms with Gasteiger partial charge in [0, 0.05) is 24.9 Å². The number of thiazole rings is 1. The Balaban J connectivity index is 1.62. The number of rotatable bonds is 4. The van der Waals surface area contributed by atoms with Crippen molar-refractivity contribution >= 4 is 11.3 Å². The van der Waals surface area contributed by atoms with Crippen LogP contribution in [0.2, 0.25) is 0 Å². The number of hydrogen-bond acceptors (Lipinski definition) is 6. The molecule has 6 nitrogen and oxygen atoms in total. The first-order chi connectivity index (χ1) is 11.8. The summed E-state index contributed by atoms with van der Waals surface area (Å²) in [6, 6.07) is 0.478. The molecule has 3 heterocycles. The predicted molar refractivity (Wildman–Crippen MR) is 94.3 cm³/mol. The molecule has 2 fully saturated rings. The number of morpholine rings is 1. The van der Waals surface area contributed by atoms with Crippen LogP contribution < -0.4 is 5.32 Å². The molecule has 1 N–H and O–H groups in total. The smallest absolute Gasteiger partial charge is 0.200 e. The molecule has 1 atom stereocenters. The molecule has 2 aliphatic rings. The third-order valence-electron chi connectivity index (χ3n) is 4.89. The van der Waals surface area contributed by atoms with Gasteiger partial charge in [-0.25, -0.2) is 14.6 Å². The maximum atomic E-state index is 5.89. The number of ether oxygens (including phenoxy) is 1. The van der Waals surface area contributed by atoms with Crippen molar-refractivity contribution in [1.29, 1.82) is 0 Å². The van der Waals surface area contributed by atoms with Crippen LogP contribution >= 0.6 is 11.3 Å². The highest BCUT2D eigenvalue weighted by Crippen LogP contribution is 2.30. The number of nitrogens with zero attached hydrogens (tertiary/aromatic N) is 4. The molecule has 1 saturated heterocycles. The van der Waals surface area contributed by atoms with E-state index in [9.17, 15) is 0 Å². The minimum absolute atomic E-state index is 0.190. The van der Waals surface area contributed by atoms with E-state index in [2.05, 4.69) is 20.4 Å². The number of aryl methyl sites for hydroxylation is 1. The Hall–Kier alpha value is -1.31. The van der Waals surface area contributed by atoms with Crippen LogP contribution in [-0.2, 0) is 11.2 Å². The number of hydrogen-bond donors (Lipinski definition) is 1. The summed E-state index contributed by atoms with van der Waals surface area (Å²) in [5.74, 6) is 1.82. The van der Waals surface area contributed by atoms with Crippen LogP contribution in [-0.4, -0.2) is 45.5 Å². The molecule has 1 aliphatic carbocycles. The van der Waals surface area contributed by atoms with Crippen LogP contribution in [0.15, 0.2) is 5.38 Å². The highest BCUT2D eigenvalue weighted by molar-refractivity contribution is 7.09. The lowest BCUT2D eigenvalue weighted by atomic mass is 9.95. The molecule has 4 rings (SSSR count). The first-order valence-corrected chi connectivity index (χ1v) is 9.88. The fourth-order valence-electron chi connectivity index (χ4n) is 3.64. The van der Waals surface area contributed by atoms with Crippen molar-refractivity contribution in [3.8, 4) is 11.5 Å². The summed E-state index contributed by atoms with van der Waals surface area (Å²) in [5.41, 5.74) is 0.899. The summed E-state index contributed by atoms with van der Waals surface area (Å²) in [4.78, 5) is 9.42. The Labute approximate surface area is 146 Å². The zero-order chi connectivity index (χ0) is 16.4. The van der Waals surface area contributed by atoms with Crippen molar-refractivity contribution in [1.82, 2.24) is 25.1 Å². The SMILES string of the molecule is Cc1nc(-c2nc(CC3CNCCO3)n(C3CCCCC3)n2)cs1. The van der Waals surface area contributed by atoms with Gasteiger partial charge in [0.2, 0.25) is 5.82 Å². The number of aromatic nitrogens is 4. The monoisotopic (exact) mass is 347 g/mol. The summed E-state index contributed by atoms with van der Waals surface area (Å²) < 4.78 is 8.07. The van der Waals surface area contributed by atoms with Crippen molar-refractivity contribution in [3.05, 3.63) is 16.2 Å². The maximum Gasteiger partial charge on any atom is 0.200 e. The van der Waals surface area contributed by atoms with Gasteiger partial charge in [0.15, 0.2) is 0 Å². The molecule has 1 saturated carbocycles. The topological polar surface area (TPSA) is 64.9 Å². The van der Waals surface area contributed by atoms with E-state index in [1.807, 2.05) is 6.92 Å². The van der Waals surface area contributed by atoms with Gasteiger partial charge in [0.05, 0.1) is 23.8 Å². The molecule has 0 radical (unpaired) electrons. The van der Waals surface area contributed by atoms with Crippen LogP contribution in [0.4, 0.5) is 0 Å². The quantitative estimate of drug-likeness (QED) is 0.921. The lowest BCUT2D eigenvalue weighted by Gasteiger charge is -2.26. The Morgan fingerprint density at radius 1 is 1.29 bits per heavy atom. The molecule has 1 unspecified atom stereocenters. The maximum absolute atomic E-state index is 5.89. The Bertz CT molecular complexity index is 670. The van der Waals surface area contributed by atoms with E-state index in [0.717, 1.165) is 48.5 Å². The molecule has 0 aromatic carbocycles. The second-order valence-electron chi connectivity index (χ2n) is 6.74. The Morgan fingerprint density at radius 2 is 2.17 bits per heavy atom. The zero-order valence-electron chi connectivity index (χ0n) is 14.2. The van der Waals surface area contributed by atoms with Crippen LogP contribution in [0.5, 0.6) is 0 Å². The Morgan fingerprint density at radius 3 is 2.88 bits per heavy atom. The van der Waals surface area contributed by atoms with E-state index < -0.39 is 0 Å². The van der Waals surface area contributed by atoms with Gasteiger partial charge in [-0.15, -0.1) is 16.4 Å². The molecule has 2 aromatic heterocycles. The fraction of sp³-hybridized carbons (Fsp3) is 0.706. The molecule has 7 heteroatoms. The Kier molecular flexibility index (Phi) is 4.91. The van der Waals surface area contributed by atoms with Gasteiger partial charge in [0.25, 0.3) is 0 Å². The minimum atomic E-state index is 0.190. The van der Waals surface area contributed by atoms with Gasteiger partial charge in [0.1, 0.15) is 11.5 Å². The molecule has 1 aliphatic heterocycles. The summed E-state index contributed by atoms with van der Waals surface area (Å²) in [6.45, 7) is 4.63. The molecular weight excluding hydrogens is 322 g/mol. The summed E-state index contributed by atoms with van der Waals surface area (Å²) in [7, 11) is 0. The third kappa shape index (κ3) is 3.53. The average Bonchev–Trinajstić information content (AvgIpc) is 3.23. The van der Waals surface area contributed by atoms with Gasteiger partial charge < -0.3 is 10.1 Å². The second kappa shape index (κ2) is 7.29. The van der Waals surface area contributed by atoms with Crippen molar-refractivity contribution < 1.29 is 4.74 Å². The van der Waals surface area contributed by atoms with Crippen LogP contribution in [0.25, 0.3) is 11.5 Å². The molecule has 0 spiro atoms. The summed E-state index contributed by atoms with van der Waals surface area (Å²) in [6.07, 6.45) is 7.34. The first kappa shape index (κ1) is 16.2. The molecule has 130 valence electrons. The van der Waals surface area contributed by atoms with E-state index >= 15 is 0 Å². The highest BCUT2D eigenvalue weighted by atomic mass is 32.1. The van der Waals surface area contributed by atoms with Crippen molar-refractivity contribution in [3.63, 3.8) is 0 Å². The van der Waals surface area contributed by atoms with Gasteiger partial charge in [-0.05, 0) is 19.8 Å². The molecular formula is C17H25N5OS. The fourth-order valence-corrected chi connectivity index (χ4v) is 4.23. The van der Waals surface area contributed by atoms with Gasteiger partial charge >= 0.3 is 0 Å².